The fourth-order valence-corrected chi connectivity index (χ4v) is 2.50. The van der Waals surface area contributed by atoms with E-state index in [0.717, 1.165) is 19.4 Å². The van der Waals surface area contributed by atoms with Crippen LogP contribution in [0.3, 0.4) is 0 Å². The van der Waals surface area contributed by atoms with Gasteiger partial charge in [-0.3, -0.25) is 4.68 Å². The van der Waals surface area contributed by atoms with E-state index in [-0.39, 0.29) is 0 Å². The van der Waals surface area contributed by atoms with Gasteiger partial charge < -0.3 is 10.1 Å². The second kappa shape index (κ2) is 5.65. The molecule has 0 spiro atoms. The molecular formula is C13H23N3O. The van der Waals surface area contributed by atoms with Crippen molar-refractivity contribution < 1.29 is 4.74 Å². The second-order valence-electron chi connectivity index (χ2n) is 4.75. The highest BCUT2D eigenvalue weighted by Gasteiger charge is 2.25. The Bertz CT molecular complexity index is 356. The highest BCUT2D eigenvalue weighted by Crippen LogP contribution is 2.18. The Hall–Kier alpha value is -0.870. The molecule has 0 radical (unpaired) electrons. The summed E-state index contributed by atoms with van der Waals surface area (Å²) in [5, 5.41) is 7.87. The molecule has 1 aromatic heterocycles. The standard InChI is InChI=1S/C13H23N3O/c1-4-10-8-11(16(3)15-10)9-12(14-2)13-6-5-7-17-13/h8,12-14H,4-7,9H2,1-3H3. The molecule has 0 saturated carbocycles. The number of nitrogens with zero attached hydrogens (tertiary/aromatic N) is 2. The van der Waals surface area contributed by atoms with Crippen molar-refractivity contribution in [2.45, 2.75) is 44.8 Å². The molecule has 0 amide bonds. The topological polar surface area (TPSA) is 39.1 Å². The lowest BCUT2D eigenvalue weighted by atomic mass is 10.0. The molecule has 0 aromatic carbocycles. The van der Waals surface area contributed by atoms with Gasteiger partial charge in [0.05, 0.1) is 11.8 Å². The summed E-state index contributed by atoms with van der Waals surface area (Å²) in [4.78, 5) is 0. The largest absolute Gasteiger partial charge is 0.377 e. The Morgan fingerprint density at radius 3 is 3.00 bits per heavy atom. The van der Waals surface area contributed by atoms with Gasteiger partial charge in [0.2, 0.25) is 0 Å². The van der Waals surface area contributed by atoms with Gasteiger partial charge in [-0.2, -0.15) is 5.10 Å². The molecule has 96 valence electrons. The van der Waals surface area contributed by atoms with Crippen LogP contribution in [0.2, 0.25) is 0 Å². The van der Waals surface area contributed by atoms with Gasteiger partial charge in [0.25, 0.3) is 0 Å². The summed E-state index contributed by atoms with van der Waals surface area (Å²) in [6, 6.07) is 2.61. The van der Waals surface area contributed by atoms with Gasteiger partial charge in [0, 0.05) is 31.8 Å². The fraction of sp³-hybridized carbons (Fsp3) is 0.769. The van der Waals surface area contributed by atoms with Crippen molar-refractivity contribution in [2.24, 2.45) is 7.05 Å². The van der Waals surface area contributed by atoms with E-state index in [1.165, 1.54) is 24.2 Å². The molecule has 1 N–H and O–H groups in total. The molecule has 0 bridgehead atoms. The average molecular weight is 237 g/mol. The molecule has 1 aliphatic rings. The Labute approximate surface area is 103 Å². The molecule has 2 heterocycles. The van der Waals surface area contributed by atoms with Crippen molar-refractivity contribution in [1.82, 2.24) is 15.1 Å². The summed E-state index contributed by atoms with van der Waals surface area (Å²) in [6.45, 7) is 3.05. The Morgan fingerprint density at radius 2 is 2.47 bits per heavy atom. The first-order valence-corrected chi connectivity index (χ1v) is 6.55. The van der Waals surface area contributed by atoms with Gasteiger partial charge in [-0.1, -0.05) is 6.92 Å². The van der Waals surface area contributed by atoms with Crippen LogP contribution in [0.5, 0.6) is 0 Å². The molecule has 1 fully saturated rings. The molecule has 0 aliphatic carbocycles. The predicted molar refractivity (Wildman–Crippen MR) is 68.1 cm³/mol. The molecule has 1 aliphatic heterocycles. The summed E-state index contributed by atoms with van der Waals surface area (Å²) < 4.78 is 7.76. The van der Waals surface area contributed by atoms with E-state index >= 15 is 0 Å². The number of hydrogen-bond acceptors (Lipinski definition) is 3. The minimum absolute atomic E-state index is 0.361. The molecular weight excluding hydrogens is 214 g/mol. The SMILES string of the molecule is CCc1cc(CC(NC)C2CCCO2)n(C)n1. The van der Waals surface area contributed by atoms with Gasteiger partial charge >= 0.3 is 0 Å². The number of likely N-dealkylation sites (N-methyl/N-ethyl adjacent to an activating group) is 1. The summed E-state index contributed by atoms with van der Waals surface area (Å²) in [5.74, 6) is 0. The highest BCUT2D eigenvalue weighted by atomic mass is 16.5. The maximum Gasteiger partial charge on any atom is 0.0732 e. The zero-order valence-corrected chi connectivity index (χ0v) is 11.1. The Morgan fingerprint density at radius 1 is 1.65 bits per heavy atom. The van der Waals surface area contributed by atoms with Crippen molar-refractivity contribution >= 4 is 0 Å². The van der Waals surface area contributed by atoms with Gasteiger partial charge in [0.15, 0.2) is 0 Å². The summed E-state index contributed by atoms with van der Waals surface area (Å²) in [7, 11) is 4.04. The predicted octanol–water partition coefficient (Wildman–Crippen LogP) is 1.29. The van der Waals surface area contributed by atoms with E-state index in [0.29, 0.717) is 12.1 Å². The lowest BCUT2D eigenvalue weighted by molar-refractivity contribution is 0.0803. The van der Waals surface area contributed by atoms with Crippen LogP contribution in [-0.2, 0) is 24.6 Å². The molecule has 17 heavy (non-hydrogen) atoms. The lowest BCUT2D eigenvalue weighted by Crippen LogP contribution is -2.39. The number of aryl methyl sites for hydroxylation is 2. The van der Waals surface area contributed by atoms with Crippen molar-refractivity contribution in [3.63, 3.8) is 0 Å². The van der Waals surface area contributed by atoms with Crippen molar-refractivity contribution in [2.75, 3.05) is 13.7 Å². The van der Waals surface area contributed by atoms with Crippen LogP contribution >= 0.6 is 0 Å². The Kier molecular flexibility index (Phi) is 4.18. The van der Waals surface area contributed by atoms with Gasteiger partial charge in [0.1, 0.15) is 0 Å². The normalized spacial score (nSPS) is 21.9. The van der Waals surface area contributed by atoms with Gasteiger partial charge in [-0.15, -0.1) is 0 Å². The minimum atomic E-state index is 0.361. The summed E-state index contributed by atoms with van der Waals surface area (Å²) in [5.41, 5.74) is 2.46. The number of nitrogens with one attached hydrogen (secondary N) is 1. The molecule has 2 rings (SSSR count). The van der Waals surface area contributed by atoms with E-state index in [1.54, 1.807) is 0 Å². The van der Waals surface area contributed by atoms with Crippen LogP contribution in [-0.4, -0.2) is 35.6 Å². The zero-order valence-electron chi connectivity index (χ0n) is 11.1. The van der Waals surface area contributed by atoms with Crippen LogP contribution in [0.15, 0.2) is 6.07 Å². The third-order valence-corrected chi connectivity index (χ3v) is 3.60. The first-order chi connectivity index (χ1) is 8.24. The molecule has 1 saturated heterocycles. The maximum atomic E-state index is 5.76. The van der Waals surface area contributed by atoms with E-state index in [2.05, 4.69) is 23.4 Å². The first kappa shape index (κ1) is 12.6. The van der Waals surface area contributed by atoms with Crippen molar-refractivity contribution in [1.29, 1.82) is 0 Å². The first-order valence-electron chi connectivity index (χ1n) is 6.55. The van der Waals surface area contributed by atoms with Crippen LogP contribution in [0, 0.1) is 0 Å². The molecule has 4 heteroatoms. The zero-order chi connectivity index (χ0) is 12.3. The van der Waals surface area contributed by atoms with Gasteiger partial charge in [-0.05, 0) is 32.4 Å². The average Bonchev–Trinajstić information content (AvgIpc) is 2.96. The molecule has 1 aromatic rings. The smallest absolute Gasteiger partial charge is 0.0732 e. The van der Waals surface area contributed by atoms with Crippen LogP contribution in [0.4, 0.5) is 0 Å². The monoisotopic (exact) mass is 237 g/mol. The number of rotatable bonds is 5. The number of aromatic nitrogens is 2. The molecule has 4 nitrogen and oxygen atoms in total. The minimum Gasteiger partial charge on any atom is -0.377 e. The van der Waals surface area contributed by atoms with Crippen LogP contribution in [0.25, 0.3) is 0 Å². The summed E-state index contributed by atoms with van der Waals surface area (Å²) in [6.07, 6.45) is 4.71. The van der Waals surface area contributed by atoms with Crippen molar-refractivity contribution in [3.05, 3.63) is 17.5 Å². The van der Waals surface area contributed by atoms with Crippen LogP contribution in [0.1, 0.15) is 31.2 Å². The number of ether oxygens (including phenoxy) is 1. The summed E-state index contributed by atoms with van der Waals surface area (Å²) >= 11 is 0. The van der Waals surface area contributed by atoms with E-state index < -0.39 is 0 Å². The third-order valence-electron chi connectivity index (χ3n) is 3.60. The van der Waals surface area contributed by atoms with Crippen molar-refractivity contribution in [3.8, 4) is 0 Å². The quantitative estimate of drug-likeness (QED) is 0.839. The molecule has 2 atom stereocenters. The Balaban J connectivity index is 2.03. The van der Waals surface area contributed by atoms with E-state index in [1.807, 2.05) is 18.8 Å². The lowest BCUT2D eigenvalue weighted by Gasteiger charge is -2.22. The third kappa shape index (κ3) is 2.87. The van der Waals surface area contributed by atoms with E-state index in [4.69, 9.17) is 4.74 Å². The fourth-order valence-electron chi connectivity index (χ4n) is 2.50. The second-order valence-corrected chi connectivity index (χ2v) is 4.75. The number of hydrogen-bond donors (Lipinski definition) is 1. The van der Waals surface area contributed by atoms with Gasteiger partial charge in [-0.25, -0.2) is 0 Å². The maximum absolute atomic E-state index is 5.76. The van der Waals surface area contributed by atoms with E-state index in [9.17, 15) is 0 Å². The highest BCUT2D eigenvalue weighted by molar-refractivity contribution is 5.12. The van der Waals surface area contributed by atoms with Crippen LogP contribution < -0.4 is 5.32 Å². The molecule has 2 unspecified atom stereocenters.